The van der Waals surface area contributed by atoms with Crippen LogP contribution in [0.25, 0.3) is 11.3 Å². The van der Waals surface area contributed by atoms with E-state index in [1.807, 2.05) is 32.1 Å². The fourth-order valence-electron chi connectivity index (χ4n) is 4.00. The number of nitrogens with one attached hydrogen (secondary N) is 1. The number of rotatable bonds is 2. The summed E-state index contributed by atoms with van der Waals surface area (Å²) in [4.78, 5) is 18.6. The van der Waals surface area contributed by atoms with Crippen molar-refractivity contribution in [2.45, 2.75) is 70.4 Å². The number of benzene rings is 1. The van der Waals surface area contributed by atoms with Crippen LogP contribution in [-0.4, -0.2) is 22.7 Å². The lowest BCUT2D eigenvalue weighted by atomic mass is 9.85. The molecule has 2 aliphatic rings. The van der Waals surface area contributed by atoms with Gasteiger partial charge in [-0.2, -0.15) is 0 Å². The van der Waals surface area contributed by atoms with Gasteiger partial charge in [0, 0.05) is 28.8 Å². The zero-order valence-electron chi connectivity index (χ0n) is 15.7. The molecule has 0 radical (unpaired) electrons. The first-order chi connectivity index (χ1) is 12.4. The highest BCUT2D eigenvalue weighted by Crippen LogP contribution is 2.43. The maximum atomic E-state index is 12.3. The zero-order valence-corrected chi connectivity index (χ0v) is 16.5. The Bertz CT molecular complexity index is 822. The van der Waals surface area contributed by atoms with Gasteiger partial charge in [-0.3, -0.25) is 0 Å². The number of nitrogens with zero attached hydrogens (tertiary/aromatic N) is 1. The minimum absolute atomic E-state index is 0.111. The van der Waals surface area contributed by atoms with E-state index in [4.69, 9.17) is 9.72 Å². The normalized spacial score (nSPS) is 21.8. The lowest BCUT2D eigenvalue weighted by Crippen LogP contribution is -2.43. The number of carbonyl (C=O) groups excluding carboxylic acids is 1. The summed E-state index contributed by atoms with van der Waals surface area (Å²) >= 11 is 1.83. The number of hydrogen-bond acceptors (Lipinski definition) is 4. The third-order valence-corrected chi connectivity index (χ3v) is 6.31. The van der Waals surface area contributed by atoms with E-state index in [1.54, 1.807) is 0 Å². The predicted molar refractivity (Wildman–Crippen MR) is 105 cm³/mol. The van der Waals surface area contributed by atoms with Gasteiger partial charge in [0.05, 0.1) is 10.7 Å². The monoisotopic (exact) mass is 370 g/mol. The molecule has 1 amide bonds. The molecule has 4 nitrogen and oxygen atoms in total. The molecule has 2 atom stereocenters. The van der Waals surface area contributed by atoms with Crippen LogP contribution >= 0.6 is 11.3 Å². The van der Waals surface area contributed by atoms with Crippen LogP contribution in [0.4, 0.5) is 4.79 Å². The van der Waals surface area contributed by atoms with Crippen LogP contribution in [0.5, 0.6) is 0 Å². The Kier molecular flexibility index (Phi) is 4.51. The van der Waals surface area contributed by atoms with Gasteiger partial charge in [-0.1, -0.05) is 37.1 Å². The Labute approximate surface area is 159 Å². The van der Waals surface area contributed by atoms with Gasteiger partial charge in [0.1, 0.15) is 5.60 Å². The van der Waals surface area contributed by atoms with Gasteiger partial charge in [-0.05, 0) is 39.2 Å². The van der Waals surface area contributed by atoms with Crippen LogP contribution < -0.4 is 5.32 Å². The van der Waals surface area contributed by atoms with Crippen molar-refractivity contribution in [2.24, 2.45) is 0 Å². The van der Waals surface area contributed by atoms with Gasteiger partial charge in [-0.15, -0.1) is 11.3 Å². The molecule has 1 N–H and O–H groups in total. The van der Waals surface area contributed by atoms with E-state index >= 15 is 0 Å². The fraction of sp³-hybridized carbons (Fsp3) is 0.524. The summed E-state index contributed by atoms with van der Waals surface area (Å²) in [6, 6.07) is 8.65. The molecule has 2 aliphatic carbocycles. The van der Waals surface area contributed by atoms with Crippen molar-refractivity contribution in [2.75, 3.05) is 0 Å². The summed E-state index contributed by atoms with van der Waals surface area (Å²) in [6.45, 7) is 5.69. The van der Waals surface area contributed by atoms with E-state index in [-0.39, 0.29) is 12.1 Å². The number of thiazole rings is 1. The molecule has 1 aromatic heterocycles. The number of aromatic nitrogens is 1. The molecule has 2 unspecified atom stereocenters. The summed E-state index contributed by atoms with van der Waals surface area (Å²) in [7, 11) is 0. The maximum absolute atomic E-state index is 12.3. The van der Waals surface area contributed by atoms with Gasteiger partial charge in [0.15, 0.2) is 0 Å². The Morgan fingerprint density at radius 3 is 2.81 bits per heavy atom. The summed E-state index contributed by atoms with van der Waals surface area (Å²) in [5.41, 5.74) is 3.33. The quantitative estimate of drug-likeness (QED) is 0.669. The molecular weight excluding hydrogens is 344 g/mol. The van der Waals surface area contributed by atoms with Gasteiger partial charge < -0.3 is 10.1 Å². The van der Waals surface area contributed by atoms with E-state index in [2.05, 4.69) is 29.6 Å². The SMILES string of the molecule is CC(C)(C)OC(=O)NC1CCCCC1c1nc2c(s1)Cc1ccccc1-2. The summed E-state index contributed by atoms with van der Waals surface area (Å²) in [5.74, 6) is 0.291. The highest BCUT2D eigenvalue weighted by atomic mass is 32.1. The van der Waals surface area contributed by atoms with Gasteiger partial charge in [-0.25, -0.2) is 9.78 Å². The third-order valence-electron chi connectivity index (χ3n) is 5.12. The molecule has 5 heteroatoms. The molecule has 0 bridgehead atoms. The van der Waals surface area contributed by atoms with Crippen LogP contribution in [0, 0.1) is 0 Å². The molecule has 0 spiro atoms. The Morgan fingerprint density at radius 1 is 1.23 bits per heavy atom. The van der Waals surface area contributed by atoms with Crippen molar-refractivity contribution in [1.82, 2.24) is 10.3 Å². The Balaban J connectivity index is 1.54. The van der Waals surface area contributed by atoms with Crippen LogP contribution in [0.15, 0.2) is 24.3 Å². The summed E-state index contributed by atoms with van der Waals surface area (Å²) in [6.07, 6.45) is 5.08. The zero-order chi connectivity index (χ0) is 18.3. The van der Waals surface area contributed by atoms with Gasteiger partial charge in [0.2, 0.25) is 0 Å². The third kappa shape index (κ3) is 3.50. The van der Waals surface area contributed by atoms with E-state index < -0.39 is 5.60 Å². The molecule has 138 valence electrons. The Hall–Kier alpha value is -1.88. The van der Waals surface area contributed by atoms with Gasteiger partial charge in [0.25, 0.3) is 0 Å². The van der Waals surface area contributed by atoms with Gasteiger partial charge >= 0.3 is 6.09 Å². The number of alkyl carbamates (subject to hydrolysis) is 1. The molecule has 1 saturated carbocycles. The van der Waals surface area contributed by atoms with Crippen molar-refractivity contribution >= 4 is 17.4 Å². The predicted octanol–water partition coefficient (Wildman–Crippen LogP) is 5.27. The van der Waals surface area contributed by atoms with E-state index in [0.29, 0.717) is 5.92 Å². The van der Waals surface area contributed by atoms with Crippen molar-refractivity contribution in [3.63, 3.8) is 0 Å². The van der Waals surface area contributed by atoms with E-state index in [0.717, 1.165) is 31.4 Å². The molecular formula is C21H26N2O2S. The molecule has 2 aromatic rings. The fourth-order valence-corrected chi connectivity index (χ4v) is 5.30. The van der Waals surface area contributed by atoms with Crippen LogP contribution in [0.1, 0.15) is 67.8 Å². The highest BCUT2D eigenvalue weighted by molar-refractivity contribution is 7.12. The standard InChI is InChI=1S/C21H26N2O2S/c1-21(2,3)25-20(24)22-16-11-7-6-10-15(16)19-23-18-14-9-5-4-8-13(14)12-17(18)26-19/h4-5,8-9,15-16H,6-7,10-12H2,1-3H3,(H,22,24). The largest absolute Gasteiger partial charge is 0.444 e. The first-order valence-electron chi connectivity index (χ1n) is 9.48. The average molecular weight is 371 g/mol. The second kappa shape index (κ2) is 6.69. The second-order valence-corrected chi connectivity index (χ2v) is 9.42. The topological polar surface area (TPSA) is 51.2 Å². The number of hydrogen-bond donors (Lipinski definition) is 1. The molecule has 1 fully saturated rings. The first kappa shape index (κ1) is 17.5. The lowest BCUT2D eigenvalue weighted by molar-refractivity contribution is 0.0485. The van der Waals surface area contributed by atoms with Crippen molar-refractivity contribution < 1.29 is 9.53 Å². The molecule has 4 rings (SSSR count). The van der Waals surface area contributed by atoms with Crippen LogP contribution in [0.3, 0.4) is 0 Å². The van der Waals surface area contributed by atoms with E-state index in [1.165, 1.54) is 27.4 Å². The number of carbonyl (C=O) groups is 1. The summed E-state index contributed by atoms with van der Waals surface area (Å²) < 4.78 is 5.47. The van der Waals surface area contributed by atoms with Crippen LogP contribution in [0.2, 0.25) is 0 Å². The Morgan fingerprint density at radius 2 is 2.00 bits per heavy atom. The minimum atomic E-state index is -0.472. The number of ether oxygens (including phenoxy) is 1. The molecule has 0 aliphatic heterocycles. The number of fused-ring (bicyclic) bond motifs is 3. The van der Waals surface area contributed by atoms with Crippen molar-refractivity contribution in [1.29, 1.82) is 0 Å². The number of amides is 1. The average Bonchev–Trinajstić information content (AvgIpc) is 3.11. The highest BCUT2D eigenvalue weighted by Gasteiger charge is 2.33. The van der Waals surface area contributed by atoms with Crippen molar-refractivity contribution in [3.05, 3.63) is 39.7 Å². The molecule has 0 saturated heterocycles. The first-order valence-corrected chi connectivity index (χ1v) is 10.3. The van der Waals surface area contributed by atoms with Crippen molar-refractivity contribution in [3.8, 4) is 11.3 Å². The van der Waals surface area contributed by atoms with Crippen LogP contribution in [-0.2, 0) is 11.2 Å². The minimum Gasteiger partial charge on any atom is -0.444 e. The molecule has 1 aromatic carbocycles. The second-order valence-electron chi connectivity index (χ2n) is 8.30. The summed E-state index contributed by atoms with van der Waals surface area (Å²) in [5, 5.41) is 4.28. The smallest absolute Gasteiger partial charge is 0.407 e. The molecule has 26 heavy (non-hydrogen) atoms. The maximum Gasteiger partial charge on any atom is 0.407 e. The van der Waals surface area contributed by atoms with E-state index in [9.17, 15) is 4.79 Å². The molecule has 1 heterocycles. The lowest BCUT2D eigenvalue weighted by Gasteiger charge is -2.31.